The van der Waals surface area contributed by atoms with Crippen LogP contribution in [0.25, 0.3) is 12.2 Å². The van der Waals surface area contributed by atoms with Gasteiger partial charge in [0.05, 0.1) is 23.9 Å². The Bertz CT molecular complexity index is 1890. The van der Waals surface area contributed by atoms with E-state index in [-0.39, 0.29) is 84.0 Å². The van der Waals surface area contributed by atoms with Crippen LogP contribution in [0.15, 0.2) is 46.0 Å². The second-order valence-electron chi connectivity index (χ2n) is 18.0. The summed E-state index contributed by atoms with van der Waals surface area (Å²) in [6.45, 7) is 9.57. The SMILES string of the molecule is C/C=C/c1ccc2n(c1=O)C[C@@H]1[C@@H](CO)[C@H](C(=O)N(C)C)[C@H]2N1CC1CCOCC1.C/C=C\c1ccc2n(c1=O)C[C@@H]1[C@@H](CO)[C@H](C(=O)N(C)C)[C@H]2N1CC1CCOCC1. The summed E-state index contributed by atoms with van der Waals surface area (Å²) in [5.41, 5.74) is 3.09. The smallest absolute Gasteiger partial charge is 0.258 e. The monoisotopic (exact) mass is 830 g/mol. The first-order valence-corrected chi connectivity index (χ1v) is 22.0. The lowest BCUT2D eigenvalue weighted by molar-refractivity contribution is -0.136. The van der Waals surface area contributed by atoms with E-state index in [9.17, 15) is 29.4 Å². The highest BCUT2D eigenvalue weighted by molar-refractivity contribution is 5.81. The van der Waals surface area contributed by atoms with Gasteiger partial charge in [0.25, 0.3) is 11.1 Å². The topological polar surface area (TPSA) is 150 Å². The Morgan fingerprint density at radius 1 is 0.650 bits per heavy atom. The molecule has 8 rings (SSSR count). The molecule has 2 amide bonds. The standard InChI is InChI=1S/2C23H33N3O4/c2*1-4-5-16-6-7-18-21-20(23(29)24(2)3)17(14-27)19(13-26(18)22(16)28)25(21)12-15-8-10-30-11-9-15/h2*4-7,15,17,19-21,27H,8-14H2,1-3H3/b5-4+;5-4-/t2*17-,19-,20+,21+/m11/s1. The van der Waals surface area contributed by atoms with Crippen LogP contribution >= 0.6 is 0 Å². The first kappa shape index (κ1) is 44.1. The van der Waals surface area contributed by atoms with Crippen LogP contribution in [0.3, 0.4) is 0 Å². The highest BCUT2D eigenvalue weighted by atomic mass is 16.5. The van der Waals surface area contributed by atoms with Gasteiger partial charge in [0.1, 0.15) is 0 Å². The van der Waals surface area contributed by atoms with Crippen LogP contribution in [0.2, 0.25) is 0 Å². The van der Waals surface area contributed by atoms with Crippen molar-refractivity contribution < 1.29 is 29.3 Å². The summed E-state index contributed by atoms with van der Waals surface area (Å²) in [6.07, 6.45) is 11.5. The second kappa shape index (κ2) is 19.0. The van der Waals surface area contributed by atoms with Gasteiger partial charge < -0.3 is 38.6 Å². The summed E-state index contributed by atoms with van der Waals surface area (Å²) in [4.78, 5) is 60.8. The summed E-state index contributed by atoms with van der Waals surface area (Å²) in [6, 6.07) is 7.31. The molecule has 0 spiro atoms. The molecule has 8 heterocycles. The summed E-state index contributed by atoms with van der Waals surface area (Å²) < 4.78 is 14.7. The summed E-state index contributed by atoms with van der Waals surface area (Å²) >= 11 is 0. The molecule has 14 heteroatoms. The van der Waals surface area contributed by atoms with E-state index in [1.165, 1.54) is 0 Å². The zero-order valence-electron chi connectivity index (χ0n) is 36.3. The summed E-state index contributed by atoms with van der Waals surface area (Å²) in [7, 11) is 7.07. The average molecular weight is 831 g/mol. The molecule has 4 fully saturated rings. The van der Waals surface area contributed by atoms with Gasteiger partial charge >= 0.3 is 0 Å². The quantitative estimate of drug-likeness (QED) is 0.366. The fourth-order valence-corrected chi connectivity index (χ4v) is 11.2. The van der Waals surface area contributed by atoms with E-state index in [0.29, 0.717) is 36.1 Å². The number of aromatic nitrogens is 2. The van der Waals surface area contributed by atoms with E-state index >= 15 is 0 Å². The average Bonchev–Trinajstić information content (AvgIpc) is 3.58. The highest BCUT2D eigenvalue weighted by Crippen LogP contribution is 2.51. The van der Waals surface area contributed by atoms with Gasteiger partial charge in [0, 0.05) is 140 Å². The van der Waals surface area contributed by atoms with E-state index in [2.05, 4.69) is 9.80 Å². The van der Waals surface area contributed by atoms with Crippen molar-refractivity contribution in [1.82, 2.24) is 28.7 Å². The third kappa shape index (κ3) is 8.23. The molecule has 0 aliphatic carbocycles. The predicted molar refractivity (Wildman–Crippen MR) is 230 cm³/mol. The number of rotatable bonds is 10. The van der Waals surface area contributed by atoms with Crippen LogP contribution in [0.1, 0.15) is 74.1 Å². The van der Waals surface area contributed by atoms with E-state index in [0.717, 1.165) is 76.6 Å². The van der Waals surface area contributed by atoms with Crippen molar-refractivity contribution in [1.29, 1.82) is 0 Å². The van der Waals surface area contributed by atoms with E-state index in [4.69, 9.17) is 9.47 Å². The van der Waals surface area contributed by atoms with E-state index in [1.807, 2.05) is 71.6 Å². The number of aliphatic hydroxyl groups is 2. The van der Waals surface area contributed by atoms with Crippen molar-refractivity contribution in [3.8, 4) is 0 Å². The largest absolute Gasteiger partial charge is 0.396 e. The Morgan fingerprint density at radius 3 is 1.33 bits per heavy atom. The van der Waals surface area contributed by atoms with Crippen LogP contribution < -0.4 is 11.1 Å². The molecule has 2 aromatic heterocycles. The molecule has 0 aromatic carbocycles. The van der Waals surface area contributed by atoms with Gasteiger partial charge in [0.2, 0.25) is 11.8 Å². The number of carbonyl (C=O) groups is 2. The lowest BCUT2D eigenvalue weighted by Gasteiger charge is -2.40. The lowest BCUT2D eigenvalue weighted by atomic mass is 9.86. The van der Waals surface area contributed by atoms with Crippen LogP contribution in [0.5, 0.6) is 0 Å². The third-order valence-corrected chi connectivity index (χ3v) is 14.2. The van der Waals surface area contributed by atoms with Gasteiger partial charge in [0.15, 0.2) is 0 Å². The number of nitrogens with zero attached hydrogens (tertiary/aromatic N) is 6. The highest BCUT2D eigenvalue weighted by Gasteiger charge is 2.57. The zero-order chi connectivity index (χ0) is 42.8. The fraction of sp³-hybridized carbons (Fsp3) is 0.652. The van der Waals surface area contributed by atoms with E-state index < -0.39 is 0 Å². The second-order valence-corrected chi connectivity index (χ2v) is 18.0. The normalized spacial score (nSPS) is 29.3. The van der Waals surface area contributed by atoms with Crippen LogP contribution in [-0.2, 0) is 32.2 Å². The summed E-state index contributed by atoms with van der Waals surface area (Å²) in [5.74, 6) is -0.00260. The molecule has 4 bridgehead atoms. The van der Waals surface area contributed by atoms with Gasteiger partial charge in [-0.1, -0.05) is 24.3 Å². The minimum atomic E-state index is -0.351. The number of carbonyl (C=O) groups excluding carboxylic acids is 2. The Morgan fingerprint density at radius 2 is 1.02 bits per heavy atom. The first-order valence-electron chi connectivity index (χ1n) is 22.0. The number of pyridine rings is 2. The fourth-order valence-electron chi connectivity index (χ4n) is 11.2. The van der Waals surface area contributed by atoms with E-state index in [1.54, 1.807) is 38.0 Å². The molecule has 6 aliphatic heterocycles. The third-order valence-electron chi connectivity index (χ3n) is 14.2. The zero-order valence-corrected chi connectivity index (χ0v) is 36.3. The Hall–Kier alpha value is -3.92. The molecule has 0 radical (unpaired) electrons. The predicted octanol–water partition coefficient (Wildman–Crippen LogP) is 2.72. The molecule has 14 nitrogen and oxygen atoms in total. The number of amides is 2. The van der Waals surface area contributed by atoms with Crippen LogP contribution in [-0.4, -0.2) is 144 Å². The number of ether oxygens (including phenoxy) is 2. The summed E-state index contributed by atoms with van der Waals surface area (Å²) in [5, 5.41) is 20.6. The maximum absolute atomic E-state index is 13.2. The molecule has 0 unspecified atom stereocenters. The van der Waals surface area contributed by atoms with Gasteiger partial charge in [-0.2, -0.15) is 0 Å². The van der Waals surface area contributed by atoms with Crippen molar-refractivity contribution in [2.45, 2.75) is 76.8 Å². The Balaban J connectivity index is 0.000000181. The van der Waals surface area contributed by atoms with Crippen molar-refractivity contribution in [2.75, 3.05) is 80.9 Å². The van der Waals surface area contributed by atoms with Crippen molar-refractivity contribution in [3.63, 3.8) is 0 Å². The van der Waals surface area contributed by atoms with Gasteiger partial charge in [-0.3, -0.25) is 29.0 Å². The van der Waals surface area contributed by atoms with Gasteiger partial charge in [-0.05, 0) is 75.6 Å². The van der Waals surface area contributed by atoms with Crippen molar-refractivity contribution in [2.24, 2.45) is 35.5 Å². The maximum atomic E-state index is 13.2. The first-order chi connectivity index (χ1) is 28.9. The molecular formula is C46H66N6O8. The minimum Gasteiger partial charge on any atom is -0.396 e. The number of aliphatic hydroxyl groups excluding tert-OH is 2. The Kier molecular flexibility index (Phi) is 14.0. The molecule has 6 aliphatic rings. The maximum Gasteiger partial charge on any atom is 0.258 e. The van der Waals surface area contributed by atoms with Crippen LogP contribution in [0, 0.1) is 35.5 Å². The number of hydrogen-bond donors (Lipinski definition) is 2. The van der Waals surface area contributed by atoms with Crippen LogP contribution in [0.4, 0.5) is 0 Å². The minimum absolute atomic E-state index is 0.0130. The lowest BCUT2D eigenvalue weighted by Crippen LogP contribution is -2.48. The molecule has 2 N–H and O–H groups in total. The van der Waals surface area contributed by atoms with Gasteiger partial charge in [-0.25, -0.2) is 0 Å². The van der Waals surface area contributed by atoms with Crippen molar-refractivity contribution >= 4 is 24.0 Å². The number of allylic oxidation sites excluding steroid dienone is 2. The molecule has 60 heavy (non-hydrogen) atoms. The van der Waals surface area contributed by atoms with Crippen molar-refractivity contribution in [3.05, 3.63) is 79.6 Å². The molecule has 2 aromatic rings. The molecular weight excluding hydrogens is 765 g/mol. The van der Waals surface area contributed by atoms with Gasteiger partial charge in [-0.15, -0.1) is 0 Å². The molecule has 0 saturated carbocycles. The number of hydrogen-bond acceptors (Lipinski definition) is 10. The molecule has 4 saturated heterocycles. The molecule has 8 atom stereocenters. The molecule has 328 valence electrons. The number of fused-ring (bicyclic) bond motifs is 8. The Labute approximate surface area is 354 Å².